The van der Waals surface area contributed by atoms with Crippen molar-refractivity contribution >= 4 is 11.6 Å². The van der Waals surface area contributed by atoms with Crippen molar-refractivity contribution in [2.24, 2.45) is 0 Å². The summed E-state index contributed by atoms with van der Waals surface area (Å²) in [4.78, 5) is 8.48. The molecule has 0 atom stereocenters. The van der Waals surface area contributed by atoms with Gasteiger partial charge in [-0.2, -0.15) is 0 Å². The molecule has 0 bridgehead atoms. The topological polar surface area (TPSA) is 42.7 Å². The maximum Gasteiger partial charge on any atom is 0.207 e. The van der Waals surface area contributed by atoms with E-state index in [0.29, 0.717) is 6.04 Å². The molecule has 2 aromatic heterocycles. The predicted octanol–water partition coefficient (Wildman–Crippen LogP) is 2.67. The van der Waals surface area contributed by atoms with Crippen LogP contribution in [0.15, 0.2) is 30.9 Å². The third-order valence-electron chi connectivity index (χ3n) is 2.74. The van der Waals surface area contributed by atoms with E-state index in [1.54, 1.807) is 0 Å². The van der Waals surface area contributed by atoms with Gasteiger partial charge in [-0.25, -0.2) is 4.98 Å². The number of pyridine rings is 1. The van der Waals surface area contributed by atoms with Gasteiger partial charge in [0.15, 0.2) is 0 Å². The molecule has 1 aliphatic carbocycles. The van der Waals surface area contributed by atoms with Crippen LogP contribution in [0.3, 0.4) is 0 Å². The summed E-state index contributed by atoms with van der Waals surface area (Å²) in [7, 11) is 0. The SMILES string of the molecule is Cc1cncc(Nc2nccn2C2CC2)c1. The zero-order valence-electron chi connectivity index (χ0n) is 9.22. The summed E-state index contributed by atoms with van der Waals surface area (Å²) in [5.41, 5.74) is 2.14. The Hall–Kier alpha value is -1.84. The van der Waals surface area contributed by atoms with Gasteiger partial charge in [0.25, 0.3) is 0 Å². The minimum atomic E-state index is 0.641. The van der Waals surface area contributed by atoms with Gasteiger partial charge >= 0.3 is 0 Å². The Balaban J connectivity index is 1.85. The van der Waals surface area contributed by atoms with Crippen LogP contribution in [0, 0.1) is 6.92 Å². The lowest BCUT2D eigenvalue weighted by Gasteiger charge is -2.08. The van der Waals surface area contributed by atoms with Crippen LogP contribution < -0.4 is 5.32 Å². The number of aryl methyl sites for hydroxylation is 1. The average Bonchev–Trinajstić information content (AvgIpc) is 3.00. The molecule has 82 valence electrons. The highest BCUT2D eigenvalue weighted by molar-refractivity contribution is 5.53. The lowest BCUT2D eigenvalue weighted by atomic mass is 10.3. The molecule has 16 heavy (non-hydrogen) atoms. The van der Waals surface area contributed by atoms with Crippen molar-refractivity contribution < 1.29 is 0 Å². The molecule has 0 amide bonds. The van der Waals surface area contributed by atoms with Gasteiger partial charge in [-0.15, -0.1) is 0 Å². The Morgan fingerprint density at radius 2 is 2.25 bits per heavy atom. The van der Waals surface area contributed by atoms with Crippen molar-refractivity contribution in [3.63, 3.8) is 0 Å². The zero-order valence-corrected chi connectivity index (χ0v) is 9.22. The second kappa shape index (κ2) is 3.63. The van der Waals surface area contributed by atoms with Gasteiger partial charge in [-0.05, 0) is 31.4 Å². The van der Waals surface area contributed by atoms with Gasteiger partial charge in [0.1, 0.15) is 0 Å². The van der Waals surface area contributed by atoms with Crippen molar-refractivity contribution in [2.45, 2.75) is 25.8 Å². The predicted molar refractivity (Wildman–Crippen MR) is 62.8 cm³/mol. The molecule has 0 aromatic carbocycles. The molecule has 0 radical (unpaired) electrons. The first-order valence-corrected chi connectivity index (χ1v) is 5.54. The molecular weight excluding hydrogens is 200 g/mol. The third-order valence-corrected chi connectivity index (χ3v) is 2.74. The fourth-order valence-corrected chi connectivity index (χ4v) is 1.81. The second-order valence-corrected chi connectivity index (χ2v) is 4.27. The quantitative estimate of drug-likeness (QED) is 0.854. The van der Waals surface area contributed by atoms with Gasteiger partial charge in [0.05, 0.1) is 11.9 Å². The molecule has 1 aliphatic rings. The van der Waals surface area contributed by atoms with Gasteiger partial charge in [0.2, 0.25) is 5.95 Å². The first-order chi connectivity index (χ1) is 7.83. The van der Waals surface area contributed by atoms with Crippen molar-refractivity contribution in [3.05, 3.63) is 36.4 Å². The van der Waals surface area contributed by atoms with E-state index < -0.39 is 0 Å². The van der Waals surface area contributed by atoms with Crippen LogP contribution in [0.4, 0.5) is 11.6 Å². The number of aromatic nitrogens is 3. The van der Waals surface area contributed by atoms with E-state index in [9.17, 15) is 0 Å². The molecular formula is C12H14N4. The van der Waals surface area contributed by atoms with Crippen molar-refractivity contribution in [1.29, 1.82) is 0 Å². The first-order valence-electron chi connectivity index (χ1n) is 5.54. The summed E-state index contributed by atoms with van der Waals surface area (Å²) in [5.74, 6) is 0.912. The molecule has 4 nitrogen and oxygen atoms in total. The first kappa shape index (κ1) is 9.39. The van der Waals surface area contributed by atoms with Crippen molar-refractivity contribution in [1.82, 2.24) is 14.5 Å². The number of imidazole rings is 1. The van der Waals surface area contributed by atoms with E-state index in [1.807, 2.05) is 31.7 Å². The van der Waals surface area contributed by atoms with Gasteiger partial charge in [-0.3, -0.25) is 4.98 Å². The average molecular weight is 214 g/mol. The molecule has 2 heterocycles. The third kappa shape index (κ3) is 1.78. The summed E-state index contributed by atoms with van der Waals surface area (Å²) < 4.78 is 2.20. The molecule has 1 saturated carbocycles. The maximum atomic E-state index is 4.33. The molecule has 0 unspecified atom stereocenters. The maximum absolute atomic E-state index is 4.33. The molecule has 4 heteroatoms. The van der Waals surface area contributed by atoms with Crippen molar-refractivity contribution in [3.8, 4) is 0 Å². The van der Waals surface area contributed by atoms with Crippen LogP contribution in [-0.2, 0) is 0 Å². The monoisotopic (exact) mass is 214 g/mol. The van der Waals surface area contributed by atoms with Crippen LogP contribution >= 0.6 is 0 Å². The summed E-state index contributed by atoms with van der Waals surface area (Å²) in [6, 6.07) is 2.71. The number of hydrogen-bond donors (Lipinski definition) is 1. The van der Waals surface area contributed by atoms with E-state index in [1.165, 1.54) is 12.8 Å². The van der Waals surface area contributed by atoms with E-state index in [-0.39, 0.29) is 0 Å². The smallest absolute Gasteiger partial charge is 0.207 e. The lowest BCUT2D eigenvalue weighted by Crippen LogP contribution is -2.01. The van der Waals surface area contributed by atoms with Crippen LogP contribution in [-0.4, -0.2) is 14.5 Å². The molecule has 1 fully saturated rings. The molecule has 0 aliphatic heterocycles. The van der Waals surface area contributed by atoms with Crippen LogP contribution in [0.2, 0.25) is 0 Å². The number of nitrogens with zero attached hydrogens (tertiary/aromatic N) is 3. The highest BCUT2D eigenvalue weighted by atomic mass is 15.2. The number of nitrogens with one attached hydrogen (secondary N) is 1. The summed E-state index contributed by atoms with van der Waals surface area (Å²) >= 11 is 0. The Morgan fingerprint density at radius 1 is 1.38 bits per heavy atom. The Bertz CT molecular complexity index is 499. The number of rotatable bonds is 3. The summed E-state index contributed by atoms with van der Waals surface area (Å²) in [5, 5.41) is 3.30. The fourth-order valence-electron chi connectivity index (χ4n) is 1.81. The number of anilines is 2. The molecule has 2 aromatic rings. The molecule has 1 N–H and O–H groups in total. The minimum Gasteiger partial charge on any atom is -0.324 e. The Morgan fingerprint density at radius 3 is 3.00 bits per heavy atom. The van der Waals surface area contributed by atoms with Gasteiger partial charge in [0, 0.05) is 24.6 Å². The van der Waals surface area contributed by atoms with Crippen LogP contribution in [0.1, 0.15) is 24.4 Å². The molecule has 0 spiro atoms. The van der Waals surface area contributed by atoms with Crippen LogP contribution in [0.5, 0.6) is 0 Å². The standard InChI is InChI=1S/C12H14N4/c1-9-6-10(8-13-7-9)15-12-14-4-5-16(12)11-2-3-11/h4-8,11H,2-3H2,1H3,(H,14,15). The molecule has 0 saturated heterocycles. The van der Waals surface area contributed by atoms with E-state index in [4.69, 9.17) is 0 Å². The van der Waals surface area contributed by atoms with E-state index in [2.05, 4.69) is 25.9 Å². The minimum absolute atomic E-state index is 0.641. The normalized spacial score (nSPS) is 15.1. The Labute approximate surface area is 94.4 Å². The summed E-state index contributed by atoms with van der Waals surface area (Å²) in [6.07, 6.45) is 10.1. The van der Waals surface area contributed by atoms with E-state index >= 15 is 0 Å². The van der Waals surface area contributed by atoms with Gasteiger partial charge in [-0.1, -0.05) is 0 Å². The van der Waals surface area contributed by atoms with Gasteiger partial charge < -0.3 is 9.88 Å². The highest BCUT2D eigenvalue weighted by Gasteiger charge is 2.25. The lowest BCUT2D eigenvalue weighted by molar-refractivity contribution is 0.751. The van der Waals surface area contributed by atoms with E-state index in [0.717, 1.165) is 17.2 Å². The summed E-state index contributed by atoms with van der Waals surface area (Å²) in [6.45, 7) is 2.03. The highest BCUT2D eigenvalue weighted by Crippen LogP contribution is 2.37. The fraction of sp³-hybridized carbons (Fsp3) is 0.333. The number of hydrogen-bond acceptors (Lipinski definition) is 3. The van der Waals surface area contributed by atoms with Crippen LogP contribution in [0.25, 0.3) is 0 Å². The van der Waals surface area contributed by atoms with Crippen molar-refractivity contribution in [2.75, 3.05) is 5.32 Å². The molecule has 3 rings (SSSR count). The second-order valence-electron chi connectivity index (χ2n) is 4.27. The Kier molecular flexibility index (Phi) is 2.13. The zero-order chi connectivity index (χ0) is 11.0. The largest absolute Gasteiger partial charge is 0.324 e.